The van der Waals surface area contributed by atoms with E-state index in [4.69, 9.17) is 9.47 Å². The van der Waals surface area contributed by atoms with E-state index in [0.29, 0.717) is 27.2 Å². The van der Waals surface area contributed by atoms with Gasteiger partial charge in [-0.05, 0) is 50.1 Å². The molecule has 0 N–H and O–H groups in total. The molecule has 1 atom stereocenters. The van der Waals surface area contributed by atoms with Crippen molar-refractivity contribution in [2.45, 2.75) is 26.8 Å². The highest BCUT2D eigenvalue weighted by Gasteiger charge is 2.33. The van der Waals surface area contributed by atoms with Crippen LogP contribution >= 0.6 is 11.3 Å². The molecule has 1 aromatic heterocycles. The molecule has 3 aromatic rings. The number of hydrogen-bond donors (Lipinski definition) is 0. The Morgan fingerprint density at radius 3 is 2.47 bits per heavy atom. The first-order valence-corrected chi connectivity index (χ1v) is 11.3. The first-order valence-electron chi connectivity index (χ1n) is 10.5. The summed E-state index contributed by atoms with van der Waals surface area (Å²) in [6.07, 6.45) is 1.84. The van der Waals surface area contributed by atoms with Gasteiger partial charge in [0.2, 0.25) is 0 Å². The lowest BCUT2D eigenvalue weighted by Gasteiger charge is -2.24. The van der Waals surface area contributed by atoms with Crippen LogP contribution in [0, 0.1) is 0 Å². The van der Waals surface area contributed by atoms with E-state index in [0.717, 1.165) is 16.9 Å². The molecule has 2 aromatic carbocycles. The van der Waals surface area contributed by atoms with Gasteiger partial charge in [0.15, 0.2) is 4.80 Å². The van der Waals surface area contributed by atoms with Crippen LogP contribution in [0.2, 0.25) is 0 Å². The first kappa shape index (κ1) is 21.8. The van der Waals surface area contributed by atoms with Crippen molar-refractivity contribution in [3.63, 3.8) is 0 Å². The maximum absolute atomic E-state index is 13.5. The number of aromatic nitrogens is 1. The van der Waals surface area contributed by atoms with Crippen LogP contribution in [0.4, 0.5) is 0 Å². The smallest absolute Gasteiger partial charge is 0.338 e. The van der Waals surface area contributed by atoms with Crippen LogP contribution in [-0.2, 0) is 9.53 Å². The number of allylic oxidation sites excluding steroid dienone is 1. The number of carbonyl (C=O) groups excluding carboxylic acids is 1. The molecule has 164 valence electrons. The van der Waals surface area contributed by atoms with Crippen LogP contribution in [0.1, 0.15) is 37.9 Å². The first-order chi connectivity index (χ1) is 15.5. The van der Waals surface area contributed by atoms with Gasteiger partial charge < -0.3 is 9.47 Å². The number of benzene rings is 2. The Morgan fingerprint density at radius 1 is 1.09 bits per heavy atom. The van der Waals surface area contributed by atoms with Gasteiger partial charge in [-0.2, -0.15) is 0 Å². The van der Waals surface area contributed by atoms with Crippen molar-refractivity contribution in [2.24, 2.45) is 4.99 Å². The molecule has 0 saturated carbocycles. The molecular formula is C25H24N2O4S. The van der Waals surface area contributed by atoms with Gasteiger partial charge in [0.05, 0.1) is 35.1 Å². The fourth-order valence-corrected chi connectivity index (χ4v) is 4.77. The van der Waals surface area contributed by atoms with Crippen molar-refractivity contribution < 1.29 is 14.3 Å². The summed E-state index contributed by atoms with van der Waals surface area (Å²) in [5.74, 6) is 0.327. The Labute approximate surface area is 189 Å². The van der Waals surface area contributed by atoms with Crippen LogP contribution in [0.15, 0.2) is 75.7 Å². The zero-order valence-corrected chi connectivity index (χ0v) is 19.0. The van der Waals surface area contributed by atoms with Crippen LogP contribution in [-0.4, -0.2) is 23.8 Å². The predicted octanol–water partition coefficient (Wildman–Crippen LogP) is 3.20. The van der Waals surface area contributed by atoms with Crippen LogP contribution in [0.5, 0.6) is 5.75 Å². The highest BCUT2D eigenvalue weighted by molar-refractivity contribution is 7.07. The number of hydrogen-bond acceptors (Lipinski definition) is 6. The molecule has 0 aliphatic carbocycles. The number of esters is 1. The van der Waals surface area contributed by atoms with Crippen molar-refractivity contribution in [3.05, 3.63) is 96.7 Å². The van der Waals surface area contributed by atoms with Crippen LogP contribution in [0.25, 0.3) is 6.08 Å². The summed E-state index contributed by atoms with van der Waals surface area (Å²) in [6.45, 7) is 6.33. The minimum absolute atomic E-state index is 0.189. The van der Waals surface area contributed by atoms with Crippen molar-refractivity contribution in [2.75, 3.05) is 13.2 Å². The standard InChI is InChI=1S/C25H24N2O4S/c1-4-30-19-13-11-17(12-14-19)15-20-23(28)27-22(18-9-7-6-8-10-18)21(24(29)31-5-2)16(3)26-25(27)32-20/h6-15,22H,4-5H2,1-3H3/b20-15-/t22-/m0/s1. The van der Waals surface area contributed by atoms with Gasteiger partial charge in [-0.15, -0.1) is 0 Å². The fourth-order valence-electron chi connectivity index (χ4n) is 3.72. The van der Waals surface area contributed by atoms with E-state index < -0.39 is 12.0 Å². The van der Waals surface area contributed by atoms with Crippen LogP contribution in [0.3, 0.4) is 0 Å². The van der Waals surface area contributed by atoms with E-state index in [-0.39, 0.29) is 12.2 Å². The van der Waals surface area contributed by atoms with E-state index in [9.17, 15) is 9.59 Å². The maximum atomic E-state index is 13.5. The number of fused-ring (bicyclic) bond motifs is 1. The van der Waals surface area contributed by atoms with E-state index in [2.05, 4.69) is 4.99 Å². The third-order valence-electron chi connectivity index (χ3n) is 5.12. The molecule has 32 heavy (non-hydrogen) atoms. The average molecular weight is 449 g/mol. The SMILES string of the molecule is CCOC(=O)C1=C(C)N=c2s/c(=C\c3ccc(OCC)cc3)c(=O)n2[C@H]1c1ccccc1. The zero-order valence-electron chi connectivity index (χ0n) is 18.2. The van der Waals surface area contributed by atoms with Gasteiger partial charge in [-0.1, -0.05) is 53.8 Å². The molecule has 1 aliphatic rings. The minimum Gasteiger partial charge on any atom is -0.494 e. The van der Waals surface area contributed by atoms with Crippen molar-refractivity contribution in [1.29, 1.82) is 0 Å². The lowest BCUT2D eigenvalue weighted by atomic mass is 9.96. The Kier molecular flexibility index (Phi) is 6.37. The largest absolute Gasteiger partial charge is 0.494 e. The van der Waals surface area contributed by atoms with Crippen LogP contribution < -0.4 is 19.6 Å². The summed E-state index contributed by atoms with van der Waals surface area (Å²) in [5.41, 5.74) is 2.48. The Morgan fingerprint density at radius 2 is 1.81 bits per heavy atom. The van der Waals surface area contributed by atoms with Gasteiger partial charge in [0.25, 0.3) is 5.56 Å². The Hall–Kier alpha value is -3.45. The normalized spacial score (nSPS) is 15.8. The zero-order chi connectivity index (χ0) is 22.7. The average Bonchev–Trinajstić information content (AvgIpc) is 3.09. The third kappa shape index (κ3) is 4.16. The topological polar surface area (TPSA) is 69.9 Å². The predicted molar refractivity (Wildman–Crippen MR) is 124 cm³/mol. The summed E-state index contributed by atoms with van der Waals surface area (Å²) in [4.78, 5) is 31.5. The van der Waals surface area contributed by atoms with Crippen molar-refractivity contribution in [1.82, 2.24) is 4.57 Å². The Balaban J connectivity index is 1.87. The summed E-state index contributed by atoms with van der Waals surface area (Å²) in [7, 11) is 0. The van der Waals surface area contributed by atoms with Crippen molar-refractivity contribution >= 4 is 23.4 Å². The molecular weight excluding hydrogens is 424 g/mol. The van der Waals surface area contributed by atoms with E-state index in [1.807, 2.05) is 67.6 Å². The Bertz CT molecular complexity index is 1340. The van der Waals surface area contributed by atoms with Crippen molar-refractivity contribution in [3.8, 4) is 5.75 Å². The number of rotatable bonds is 6. The second-order valence-electron chi connectivity index (χ2n) is 7.22. The second kappa shape index (κ2) is 9.36. The van der Waals surface area contributed by atoms with Gasteiger partial charge in [-0.3, -0.25) is 9.36 Å². The summed E-state index contributed by atoms with van der Waals surface area (Å²) in [5, 5.41) is 0. The molecule has 0 fully saturated rings. The highest BCUT2D eigenvalue weighted by atomic mass is 32.1. The quantitative estimate of drug-likeness (QED) is 0.543. The fraction of sp³-hybridized carbons (Fsp3) is 0.240. The highest BCUT2D eigenvalue weighted by Crippen LogP contribution is 2.30. The summed E-state index contributed by atoms with van der Waals surface area (Å²) >= 11 is 1.31. The van der Waals surface area contributed by atoms with Gasteiger partial charge in [0, 0.05) is 0 Å². The number of ether oxygens (including phenoxy) is 2. The molecule has 0 bridgehead atoms. The lowest BCUT2D eigenvalue weighted by Crippen LogP contribution is -2.39. The monoisotopic (exact) mass is 448 g/mol. The lowest BCUT2D eigenvalue weighted by molar-refractivity contribution is -0.139. The number of carbonyl (C=O) groups is 1. The van der Waals surface area contributed by atoms with Gasteiger partial charge in [-0.25, -0.2) is 9.79 Å². The molecule has 0 radical (unpaired) electrons. The molecule has 0 amide bonds. The summed E-state index contributed by atoms with van der Waals surface area (Å²) in [6, 6.07) is 16.5. The van der Waals surface area contributed by atoms with Gasteiger partial charge >= 0.3 is 5.97 Å². The molecule has 6 nitrogen and oxygen atoms in total. The molecule has 7 heteroatoms. The van der Waals surface area contributed by atoms with E-state index >= 15 is 0 Å². The van der Waals surface area contributed by atoms with E-state index in [1.165, 1.54) is 11.3 Å². The molecule has 2 heterocycles. The number of thiazole rings is 1. The number of nitrogens with zero attached hydrogens (tertiary/aromatic N) is 2. The second-order valence-corrected chi connectivity index (χ2v) is 8.22. The molecule has 0 saturated heterocycles. The minimum atomic E-state index is -0.589. The maximum Gasteiger partial charge on any atom is 0.338 e. The molecule has 0 spiro atoms. The molecule has 4 rings (SSSR count). The molecule has 1 aliphatic heterocycles. The van der Waals surface area contributed by atoms with Gasteiger partial charge in [0.1, 0.15) is 5.75 Å². The summed E-state index contributed by atoms with van der Waals surface area (Å²) < 4.78 is 12.9. The third-order valence-corrected chi connectivity index (χ3v) is 6.10. The van der Waals surface area contributed by atoms with E-state index in [1.54, 1.807) is 18.4 Å². The molecule has 0 unspecified atom stereocenters.